The van der Waals surface area contributed by atoms with Crippen LogP contribution in [0.1, 0.15) is 36.1 Å². The summed E-state index contributed by atoms with van der Waals surface area (Å²) in [6.07, 6.45) is 2.60. The first-order valence-corrected chi connectivity index (χ1v) is 9.41. The summed E-state index contributed by atoms with van der Waals surface area (Å²) in [6, 6.07) is 15.7. The number of para-hydroxylation sites is 1. The summed E-state index contributed by atoms with van der Waals surface area (Å²) in [4.78, 5) is 27.8. The van der Waals surface area contributed by atoms with E-state index >= 15 is 0 Å². The number of carbonyl (C=O) groups excluding carboxylic acids is 1. The van der Waals surface area contributed by atoms with Crippen LogP contribution in [0, 0.1) is 0 Å². The molecule has 0 spiro atoms. The van der Waals surface area contributed by atoms with Crippen LogP contribution in [0.25, 0.3) is 10.9 Å². The van der Waals surface area contributed by atoms with E-state index in [0.29, 0.717) is 0 Å². The lowest BCUT2D eigenvalue weighted by Gasteiger charge is -2.30. The van der Waals surface area contributed by atoms with Gasteiger partial charge in [0, 0.05) is 23.5 Å². The van der Waals surface area contributed by atoms with Gasteiger partial charge in [-0.05, 0) is 42.5 Å². The lowest BCUT2D eigenvalue weighted by molar-refractivity contribution is -0.127. The van der Waals surface area contributed by atoms with E-state index in [1.165, 1.54) is 5.56 Å². The minimum atomic E-state index is -1.28. The number of H-pyrrole nitrogens is 1. The zero-order valence-corrected chi connectivity index (χ0v) is 15.7. The van der Waals surface area contributed by atoms with E-state index in [0.717, 1.165) is 34.9 Å². The van der Waals surface area contributed by atoms with Gasteiger partial charge in [0.05, 0.1) is 6.04 Å². The third kappa shape index (κ3) is 3.33. The first-order valence-electron chi connectivity index (χ1n) is 9.41. The van der Waals surface area contributed by atoms with E-state index in [9.17, 15) is 14.7 Å². The van der Waals surface area contributed by atoms with Crippen molar-refractivity contribution in [3.63, 3.8) is 0 Å². The topological polar surface area (TPSA) is 94.2 Å². The number of fused-ring (bicyclic) bond motifs is 2. The molecule has 4 rings (SSSR count). The minimum Gasteiger partial charge on any atom is -0.465 e. The van der Waals surface area contributed by atoms with Crippen molar-refractivity contribution in [2.75, 3.05) is 0 Å². The number of aromatic nitrogens is 1. The standard InChI is InChI=1S/C22H23N3O3/c1-22(25-21(27)28,12-15-13-23-18-9-5-4-8-17(15)18)20(26)24-19-11-10-14-6-2-3-7-16(14)19/h2-9,13,19,23,25H,10-12H2,1H3,(H,24,26)(H,27,28). The van der Waals surface area contributed by atoms with Crippen LogP contribution in [0.15, 0.2) is 54.7 Å². The lowest BCUT2D eigenvalue weighted by Crippen LogP contribution is -2.58. The summed E-state index contributed by atoms with van der Waals surface area (Å²) < 4.78 is 0. The Bertz CT molecular complexity index is 1040. The number of hydrogen-bond acceptors (Lipinski definition) is 2. The first-order chi connectivity index (χ1) is 13.5. The molecule has 4 N–H and O–H groups in total. The molecule has 0 bridgehead atoms. The number of aryl methyl sites for hydroxylation is 1. The van der Waals surface area contributed by atoms with Crippen molar-refractivity contribution in [3.05, 3.63) is 71.4 Å². The van der Waals surface area contributed by atoms with E-state index in [4.69, 9.17) is 0 Å². The van der Waals surface area contributed by atoms with Crippen LogP contribution in [-0.4, -0.2) is 27.6 Å². The molecule has 0 aliphatic heterocycles. The summed E-state index contributed by atoms with van der Waals surface area (Å²) in [5.74, 6) is -0.318. The zero-order valence-electron chi connectivity index (χ0n) is 15.7. The smallest absolute Gasteiger partial charge is 0.405 e. The van der Waals surface area contributed by atoms with Gasteiger partial charge in [0.2, 0.25) is 5.91 Å². The van der Waals surface area contributed by atoms with Gasteiger partial charge >= 0.3 is 6.09 Å². The molecule has 2 aromatic carbocycles. The normalized spacial score (nSPS) is 17.7. The van der Waals surface area contributed by atoms with Crippen molar-refractivity contribution in [3.8, 4) is 0 Å². The highest BCUT2D eigenvalue weighted by Crippen LogP contribution is 2.31. The fourth-order valence-corrected chi connectivity index (χ4v) is 4.10. The van der Waals surface area contributed by atoms with Crippen LogP contribution in [0.4, 0.5) is 4.79 Å². The zero-order chi connectivity index (χ0) is 19.7. The van der Waals surface area contributed by atoms with Gasteiger partial charge in [-0.15, -0.1) is 0 Å². The molecule has 0 radical (unpaired) electrons. The average molecular weight is 377 g/mol. The Balaban J connectivity index is 1.60. The summed E-state index contributed by atoms with van der Waals surface area (Å²) in [6.45, 7) is 1.64. The SMILES string of the molecule is CC(Cc1c[nH]c2ccccc12)(NC(=O)O)C(=O)NC1CCc2ccccc21. The largest absolute Gasteiger partial charge is 0.465 e. The van der Waals surface area contributed by atoms with Crippen LogP contribution < -0.4 is 10.6 Å². The van der Waals surface area contributed by atoms with Gasteiger partial charge in [-0.1, -0.05) is 42.5 Å². The highest BCUT2D eigenvalue weighted by Gasteiger charge is 2.38. The molecule has 28 heavy (non-hydrogen) atoms. The Labute approximate surface area is 163 Å². The van der Waals surface area contributed by atoms with Crippen molar-refractivity contribution in [1.29, 1.82) is 0 Å². The molecule has 1 aromatic heterocycles. The van der Waals surface area contributed by atoms with Gasteiger partial charge in [0.15, 0.2) is 0 Å². The van der Waals surface area contributed by atoms with Gasteiger partial charge in [-0.25, -0.2) is 4.79 Å². The summed E-state index contributed by atoms with van der Waals surface area (Å²) in [7, 11) is 0. The van der Waals surface area contributed by atoms with E-state index in [1.54, 1.807) is 6.92 Å². The maximum absolute atomic E-state index is 13.2. The van der Waals surface area contributed by atoms with Crippen molar-refractivity contribution < 1.29 is 14.7 Å². The average Bonchev–Trinajstić information content (AvgIpc) is 3.26. The van der Waals surface area contributed by atoms with Crippen LogP contribution in [-0.2, 0) is 17.6 Å². The fourth-order valence-electron chi connectivity index (χ4n) is 4.10. The second-order valence-electron chi connectivity index (χ2n) is 7.56. The number of aromatic amines is 1. The molecule has 3 aromatic rings. The molecule has 0 fully saturated rings. The Morgan fingerprint density at radius 3 is 2.75 bits per heavy atom. The molecule has 1 heterocycles. The molecule has 2 amide bonds. The van der Waals surface area contributed by atoms with E-state index < -0.39 is 11.6 Å². The van der Waals surface area contributed by atoms with Crippen molar-refractivity contribution in [2.45, 2.75) is 37.8 Å². The second kappa shape index (κ2) is 7.03. The Morgan fingerprint density at radius 1 is 1.18 bits per heavy atom. The monoisotopic (exact) mass is 377 g/mol. The number of carbonyl (C=O) groups is 2. The third-order valence-corrected chi connectivity index (χ3v) is 5.54. The summed E-state index contributed by atoms with van der Waals surface area (Å²) >= 11 is 0. The van der Waals surface area contributed by atoms with Crippen LogP contribution in [0.5, 0.6) is 0 Å². The summed E-state index contributed by atoms with van der Waals surface area (Å²) in [5.41, 5.74) is 2.92. The van der Waals surface area contributed by atoms with Crippen LogP contribution in [0.3, 0.4) is 0 Å². The van der Waals surface area contributed by atoms with Gasteiger partial charge in [-0.2, -0.15) is 0 Å². The Kier molecular flexibility index (Phi) is 4.55. The number of rotatable bonds is 5. The predicted octanol–water partition coefficient (Wildman–Crippen LogP) is 3.54. The molecule has 0 saturated carbocycles. The fraction of sp³-hybridized carbons (Fsp3) is 0.273. The molecule has 0 saturated heterocycles. The predicted molar refractivity (Wildman–Crippen MR) is 107 cm³/mol. The maximum Gasteiger partial charge on any atom is 0.405 e. The Morgan fingerprint density at radius 2 is 1.93 bits per heavy atom. The van der Waals surface area contributed by atoms with Crippen molar-refractivity contribution >= 4 is 22.9 Å². The van der Waals surface area contributed by atoms with Crippen molar-refractivity contribution in [1.82, 2.24) is 15.6 Å². The van der Waals surface area contributed by atoms with E-state index in [2.05, 4.69) is 21.7 Å². The van der Waals surface area contributed by atoms with Gasteiger partial charge in [0.1, 0.15) is 5.54 Å². The number of carboxylic acid groups (broad SMARTS) is 1. The minimum absolute atomic E-state index is 0.0958. The number of benzene rings is 2. The molecule has 1 aliphatic rings. The number of nitrogens with one attached hydrogen (secondary N) is 3. The number of amides is 2. The summed E-state index contributed by atoms with van der Waals surface area (Å²) in [5, 5.41) is 15.9. The van der Waals surface area contributed by atoms with Crippen LogP contribution in [0.2, 0.25) is 0 Å². The van der Waals surface area contributed by atoms with Gasteiger partial charge in [0.25, 0.3) is 0 Å². The molecule has 144 valence electrons. The molecular weight excluding hydrogens is 354 g/mol. The molecule has 2 unspecified atom stereocenters. The first kappa shape index (κ1) is 18.1. The highest BCUT2D eigenvalue weighted by atomic mass is 16.4. The van der Waals surface area contributed by atoms with Gasteiger partial charge < -0.3 is 20.7 Å². The molecule has 6 nitrogen and oxygen atoms in total. The van der Waals surface area contributed by atoms with Crippen molar-refractivity contribution in [2.24, 2.45) is 0 Å². The quantitative estimate of drug-likeness (QED) is 0.548. The van der Waals surface area contributed by atoms with E-state index in [-0.39, 0.29) is 18.4 Å². The highest BCUT2D eigenvalue weighted by molar-refractivity contribution is 5.91. The van der Waals surface area contributed by atoms with Crippen LogP contribution >= 0.6 is 0 Å². The lowest BCUT2D eigenvalue weighted by atomic mass is 9.91. The third-order valence-electron chi connectivity index (χ3n) is 5.54. The maximum atomic E-state index is 13.2. The number of hydrogen-bond donors (Lipinski definition) is 4. The molecule has 1 aliphatic carbocycles. The molecular formula is C22H23N3O3. The molecule has 6 heteroatoms. The Hall–Kier alpha value is -3.28. The van der Waals surface area contributed by atoms with Gasteiger partial charge in [-0.3, -0.25) is 4.79 Å². The van der Waals surface area contributed by atoms with E-state index in [1.807, 2.05) is 48.7 Å². The second-order valence-corrected chi connectivity index (χ2v) is 7.56. The molecule has 2 atom stereocenters.